The molecule has 0 aromatic carbocycles. The standard InChI is InChI=1S/C14H18N2O4S/c1-14(2,3)16-10(17)8-15-13(20)12-9(6-7-21-12)4-5-11(18)19/h4-7H,8H2,1-3H3,(H,15,20)(H,16,17)(H,18,19)/b5-4+. The lowest BCUT2D eigenvalue weighted by Crippen LogP contribution is -2.45. The molecule has 21 heavy (non-hydrogen) atoms. The number of carboxylic acid groups (broad SMARTS) is 1. The van der Waals surface area contributed by atoms with Crippen molar-refractivity contribution in [1.82, 2.24) is 10.6 Å². The first kappa shape index (κ1) is 16.9. The highest BCUT2D eigenvalue weighted by Gasteiger charge is 2.16. The van der Waals surface area contributed by atoms with Crippen LogP contribution < -0.4 is 10.6 Å². The molecule has 0 bridgehead atoms. The number of carbonyl (C=O) groups is 3. The van der Waals surface area contributed by atoms with E-state index in [1.54, 1.807) is 11.4 Å². The second kappa shape index (κ2) is 7.03. The summed E-state index contributed by atoms with van der Waals surface area (Å²) in [7, 11) is 0. The first-order valence-corrected chi connectivity index (χ1v) is 7.15. The summed E-state index contributed by atoms with van der Waals surface area (Å²) in [6.07, 6.45) is 2.31. The SMILES string of the molecule is CC(C)(C)NC(=O)CNC(=O)c1sccc1/C=C/C(=O)O. The smallest absolute Gasteiger partial charge is 0.328 e. The van der Waals surface area contributed by atoms with Crippen LogP contribution in [0.15, 0.2) is 17.5 Å². The largest absolute Gasteiger partial charge is 0.478 e. The quantitative estimate of drug-likeness (QED) is 0.718. The Hall–Kier alpha value is -2.15. The Bertz CT molecular complexity index is 570. The molecule has 1 aromatic rings. The summed E-state index contributed by atoms with van der Waals surface area (Å²) in [6.45, 7) is 5.42. The van der Waals surface area contributed by atoms with E-state index in [0.717, 1.165) is 6.08 Å². The number of hydrogen-bond acceptors (Lipinski definition) is 4. The van der Waals surface area contributed by atoms with Gasteiger partial charge >= 0.3 is 5.97 Å². The molecule has 0 aliphatic carbocycles. The first-order valence-electron chi connectivity index (χ1n) is 6.27. The molecule has 0 saturated carbocycles. The molecule has 0 spiro atoms. The van der Waals surface area contributed by atoms with E-state index in [2.05, 4.69) is 10.6 Å². The second-order valence-corrected chi connectivity index (χ2v) is 6.27. The van der Waals surface area contributed by atoms with Gasteiger partial charge in [0.2, 0.25) is 5.91 Å². The fraction of sp³-hybridized carbons (Fsp3) is 0.357. The topological polar surface area (TPSA) is 95.5 Å². The van der Waals surface area contributed by atoms with Crippen molar-refractivity contribution in [3.8, 4) is 0 Å². The summed E-state index contributed by atoms with van der Waals surface area (Å²) in [4.78, 5) is 34.5. The maximum atomic E-state index is 12.0. The van der Waals surface area contributed by atoms with Crippen LogP contribution in [0, 0.1) is 0 Å². The van der Waals surface area contributed by atoms with E-state index in [9.17, 15) is 14.4 Å². The molecule has 1 heterocycles. The molecule has 0 aliphatic rings. The predicted octanol–water partition coefficient (Wildman–Crippen LogP) is 1.49. The van der Waals surface area contributed by atoms with Crippen LogP contribution in [0.25, 0.3) is 6.08 Å². The minimum absolute atomic E-state index is 0.129. The van der Waals surface area contributed by atoms with Crippen molar-refractivity contribution < 1.29 is 19.5 Å². The Morgan fingerprint density at radius 1 is 1.33 bits per heavy atom. The number of amides is 2. The third-order valence-electron chi connectivity index (χ3n) is 2.23. The molecule has 0 aliphatic heterocycles. The Morgan fingerprint density at radius 2 is 2.00 bits per heavy atom. The lowest BCUT2D eigenvalue weighted by molar-refractivity contribution is -0.131. The molecule has 0 atom stereocenters. The number of nitrogens with one attached hydrogen (secondary N) is 2. The number of carboxylic acids is 1. The molecule has 0 unspecified atom stereocenters. The number of aliphatic carboxylic acids is 1. The molecular weight excluding hydrogens is 292 g/mol. The fourth-order valence-electron chi connectivity index (χ4n) is 1.50. The molecule has 1 rings (SSSR count). The van der Waals surface area contributed by atoms with Gasteiger partial charge in [-0.2, -0.15) is 0 Å². The number of thiophene rings is 1. The zero-order valence-corrected chi connectivity index (χ0v) is 12.9. The van der Waals surface area contributed by atoms with Crippen LogP contribution in [0.4, 0.5) is 0 Å². The number of carbonyl (C=O) groups excluding carboxylic acids is 2. The van der Waals surface area contributed by atoms with Gasteiger partial charge in [-0.05, 0) is 43.9 Å². The average molecular weight is 310 g/mol. The van der Waals surface area contributed by atoms with Crippen LogP contribution in [0.3, 0.4) is 0 Å². The predicted molar refractivity (Wildman–Crippen MR) is 81.2 cm³/mol. The van der Waals surface area contributed by atoms with Crippen LogP contribution >= 0.6 is 11.3 Å². The summed E-state index contributed by atoms with van der Waals surface area (Å²) in [5.74, 6) is -1.77. The molecule has 0 fully saturated rings. The van der Waals surface area contributed by atoms with Crippen molar-refractivity contribution in [2.24, 2.45) is 0 Å². The third-order valence-corrected chi connectivity index (χ3v) is 3.16. The normalized spacial score (nSPS) is 11.4. The Balaban J connectivity index is 2.63. The monoisotopic (exact) mass is 310 g/mol. The van der Waals surface area contributed by atoms with Gasteiger partial charge < -0.3 is 15.7 Å². The van der Waals surface area contributed by atoms with Gasteiger partial charge in [-0.3, -0.25) is 9.59 Å². The molecule has 114 valence electrons. The van der Waals surface area contributed by atoms with E-state index in [0.29, 0.717) is 10.4 Å². The van der Waals surface area contributed by atoms with E-state index in [1.807, 2.05) is 20.8 Å². The van der Waals surface area contributed by atoms with Crippen molar-refractivity contribution in [3.63, 3.8) is 0 Å². The Labute approximate surface area is 126 Å². The van der Waals surface area contributed by atoms with Crippen molar-refractivity contribution >= 4 is 35.2 Å². The number of hydrogen-bond donors (Lipinski definition) is 3. The minimum atomic E-state index is -1.09. The molecule has 2 amide bonds. The van der Waals surface area contributed by atoms with Gasteiger partial charge in [-0.15, -0.1) is 11.3 Å². The van der Waals surface area contributed by atoms with Crippen molar-refractivity contribution in [3.05, 3.63) is 28.0 Å². The van der Waals surface area contributed by atoms with E-state index in [-0.39, 0.29) is 18.0 Å². The zero-order valence-electron chi connectivity index (χ0n) is 12.1. The van der Waals surface area contributed by atoms with Gasteiger partial charge in [-0.1, -0.05) is 0 Å². The highest BCUT2D eigenvalue weighted by atomic mass is 32.1. The van der Waals surface area contributed by atoms with E-state index in [4.69, 9.17) is 5.11 Å². The Kier molecular flexibility index (Phi) is 5.66. The lowest BCUT2D eigenvalue weighted by Gasteiger charge is -2.20. The van der Waals surface area contributed by atoms with Crippen molar-refractivity contribution in [2.45, 2.75) is 26.3 Å². The van der Waals surface area contributed by atoms with E-state index in [1.165, 1.54) is 17.4 Å². The molecule has 6 nitrogen and oxygen atoms in total. The van der Waals surface area contributed by atoms with Crippen LogP contribution in [0.5, 0.6) is 0 Å². The van der Waals surface area contributed by atoms with Crippen LogP contribution in [0.1, 0.15) is 36.0 Å². The maximum absolute atomic E-state index is 12.0. The molecule has 1 aromatic heterocycles. The average Bonchev–Trinajstić information content (AvgIpc) is 2.79. The summed E-state index contributed by atoms with van der Waals surface area (Å²) < 4.78 is 0. The van der Waals surface area contributed by atoms with Crippen molar-refractivity contribution in [2.75, 3.05) is 6.54 Å². The summed E-state index contributed by atoms with van der Waals surface area (Å²) in [6, 6.07) is 1.65. The van der Waals surface area contributed by atoms with Gasteiger partial charge in [0.15, 0.2) is 0 Å². The van der Waals surface area contributed by atoms with Gasteiger partial charge in [0.1, 0.15) is 0 Å². The zero-order chi connectivity index (χ0) is 16.0. The third kappa shape index (κ3) is 6.22. The highest BCUT2D eigenvalue weighted by Crippen LogP contribution is 2.18. The molecule has 0 radical (unpaired) electrons. The molecule has 3 N–H and O–H groups in total. The second-order valence-electron chi connectivity index (χ2n) is 5.36. The van der Waals surface area contributed by atoms with Crippen molar-refractivity contribution in [1.29, 1.82) is 0 Å². The van der Waals surface area contributed by atoms with Gasteiger partial charge in [0.05, 0.1) is 11.4 Å². The highest BCUT2D eigenvalue weighted by molar-refractivity contribution is 7.12. The molecule has 0 saturated heterocycles. The van der Waals surface area contributed by atoms with Crippen LogP contribution in [-0.2, 0) is 9.59 Å². The van der Waals surface area contributed by atoms with Crippen LogP contribution in [-0.4, -0.2) is 35.0 Å². The maximum Gasteiger partial charge on any atom is 0.328 e. The van der Waals surface area contributed by atoms with E-state index >= 15 is 0 Å². The van der Waals surface area contributed by atoms with Crippen LogP contribution in [0.2, 0.25) is 0 Å². The first-order chi connectivity index (χ1) is 9.69. The fourth-order valence-corrected chi connectivity index (χ4v) is 2.30. The van der Waals surface area contributed by atoms with Gasteiger partial charge in [-0.25, -0.2) is 4.79 Å². The lowest BCUT2D eigenvalue weighted by atomic mass is 10.1. The molecular formula is C14H18N2O4S. The summed E-state index contributed by atoms with van der Waals surface area (Å²) >= 11 is 1.19. The van der Waals surface area contributed by atoms with Gasteiger partial charge in [0.25, 0.3) is 5.91 Å². The molecule has 7 heteroatoms. The Morgan fingerprint density at radius 3 is 2.57 bits per heavy atom. The minimum Gasteiger partial charge on any atom is -0.478 e. The summed E-state index contributed by atoms with van der Waals surface area (Å²) in [5.41, 5.74) is 0.149. The summed E-state index contributed by atoms with van der Waals surface area (Å²) in [5, 5.41) is 15.5. The number of rotatable bonds is 5. The van der Waals surface area contributed by atoms with Gasteiger partial charge in [0, 0.05) is 11.6 Å². The van der Waals surface area contributed by atoms with E-state index < -0.39 is 11.9 Å².